The van der Waals surface area contributed by atoms with Crippen molar-refractivity contribution in [2.75, 3.05) is 14.2 Å². The zero-order chi connectivity index (χ0) is 18.8. The molecule has 0 saturated carbocycles. The highest BCUT2D eigenvalue weighted by atomic mass is 79.9. The molecule has 1 aromatic carbocycles. The Kier molecular flexibility index (Phi) is 5.79. The highest BCUT2D eigenvalue weighted by Gasteiger charge is 2.39. The monoisotopic (exact) mass is 453 g/mol. The zero-order valence-electron chi connectivity index (χ0n) is 14.3. The number of aromatic nitrogens is 2. The van der Waals surface area contributed by atoms with E-state index in [1.807, 2.05) is 6.92 Å². The second-order valence-electron chi connectivity index (χ2n) is 5.39. The lowest BCUT2D eigenvalue weighted by Gasteiger charge is -2.10. The molecule has 1 N–H and O–H groups in total. The summed E-state index contributed by atoms with van der Waals surface area (Å²) in [5.41, 5.74) is 0.776. The van der Waals surface area contributed by atoms with Gasteiger partial charge in [-0.25, -0.2) is 0 Å². The third-order valence-corrected chi connectivity index (χ3v) is 6.62. The fourth-order valence-corrected chi connectivity index (χ4v) is 4.84. The van der Waals surface area contributed by atoms with Gasteiger partial charge < -0.3 is 9.47 Å². The van der Waals surface area contributed by atoms with Gasteiger partial charge in [0.05, 0.1) is 24.2 Å². The highest BCUT2D eigenvalue weighted by Crippen LogP contribution is 2.43. The van der Waals surface area contributed by atoms with E-state index < -0.39 is 5.92 Å². The van der Waals surface area contributed by atoms with Crippen molar-refractivity contribution >= 4 is 55.9 Å². The van der Waals surface area contributed by atoms with Gasteiger partial charge in [-0.05, 0) is 30.2 Å². The van der Waals surface area contributed by atoms with E-state index in [-0.39, 0.29) is 10.8 Å². The Morgan fingerprint density at radius 2 is 1.96 bits per heavy atom. The van der Waals surface area contributed by atoms with Crippen LogP contribution in [0.15, 0.2) is 21.5 Å². The van der Waals surface area contributed by atoms with Crippen molar-refractivity contribution in [1.29, 1.82) is 5.41 Å². The first-order chi connectivity index (χ1) is 12.5. The lowest BCUT2D eigenvalue weighted by Crippen LogP contribution is -2.11. The second kappa shape index (κ2) is 7.89. The number of thioether (sulfide) groups is 1. The van der Waals surface area contributed by atoms with Gasteiger partial charge in [-0.1, -0.05) is 34.6 Å². The van der Waals surface area contributed by atoms with E-state index in [2.05, 4.69) is 26.1 Å². The molecule has 1 aliphatic rings. The maximum atomic E-state index is 12.8. The van der Waals surface area contributed by atoms with Gasteiger partial charge in [0, 0.05) is 4.47 Å². The number of carbonyl (C=O) groups is 1. The van der Waals surface area contributed by atoms with Crippen LogP contribution in [0.2, 0.25) is 0 Å². The molecule has 26 heavy (non-hydrogen) atoms. The van der Waals surface area contributed by atoms with E-state index in [1.54, 1.807) is 32.4 Å². The van der Waals surface area contributed by atoms with Crippen LogP contribution in [0.25, 0.3) is 6.08 Å². The summed E-state index contributed by atoms with van der Waals surface area (Å²) < 4.78 is 11.4. The minimum Gasteiger partial charge on any atom is -0.493 e. The predicted octanol–water partition coefficient (Wildman–Crippen LogP) is 4.30. The molecule has 1 atom stereocenters. The molecule has 3 rings (SSSR count). The molecular weight excluding hydrogens is 438 g/mol. The smallest absolute Gasteiger partial charge is 0.186 e. The van der Waals surface area contributed by atoms with Gasteiger partial charge in [0.2, 0.25) is 0 Å². The van der Waals surface area contributed by atoms with Gasteiger partial charge in [-0.3, -0.25) is 10.2 Å². The summed E-state index contributed by atoms with van der Waals surface area (Å²) in [7, 11) is 3.13. The van der Waals surface area contributed by atoms with Crippen molar-refractivity contribution in [1.82, 2.24) is 10.2 Å². The first-order valence-electron chi connectivity index (χ1n) is 7.74. The fourth-order valence-electron chi connectivity index (χ4n) is 2.46. The van der Waals surface area contributed by atoms with Crippen LogP contribution >= 0.6 is 39.0 Å². The first kappa shape index (κ1) is 19.1. The lowest BCUT2D eigenvalue weighted by molar-refractivity contribution is -0.114. The normalized spacial score (nSPS) is 18.6. The van der Waals surface area contributed by atoms with E-state index in [0.717, 1.165) is 33.2 Å². The van der Waals surface area contributed by atoms with Crippen LogP contribution in [0.5, 0.6) is 11.5 Å². The molecule has 0 aliphatic carbocycles. The standard InChI is InChI=1S/C17H16BrN3O3S2/c1-4-13-20-21-17(26-13)14-15(22)12(25-16(14)19)6-8-5-10(23-2)11(24-3)7-9(8)18/h5-7,14,19H,4H2,1-3H3/b12-6-,19-16?/t14-/m1/s1. The Labute approximate surface area is 167 Å². The van der Waals surface area contributed by atoms with Gasteiger partial charge >= 0.3 is 0 Å². The molecule has 9 heteroatoms. The Hall–Kier alpha value is -1.71. The number of nitrogens with one attached hydrogen (secondary N) is 1. The Morgan fingerprint density at radius 1 is 1.27 bits per heavy atom. The van der Waals surface area contributed by atoms with Crippen LogP contribution in [0.1, 0.15) is 28.4 Å². The topological polar surface area (TPSA) is 85.2 Å². The molecule has 1 saturated heterocycles. The van der Waals surface area contributed by atoms with Crippen LogP contribution < -0.4 is 9.47 Å². The Balaban J connectivity index is 1.95. The molecule has 1 fully saturated rings. The number of carbonyl (C=O) groups excluding carboxylic acids is 1. The number of halogens is 1. The second-order valence-corrected chi connectivity index (χ2v) is 8.42. The average Bonchev–Trinajstić information content (AvgIpc) is 3.20. The van der Waals surface area contributed by atoms with Gasteiger partial charge in [0.25, 0.3) is 0 Å². The summed E-state index contributed by atoms with van der Waals surface area (Å²) >= 11 is 6.04. The van der Waals surface area contributed by atoms with E-state index in [4.69, 9.17) is 14.9 Å². The van der Waals surface area contributed by atoms with Crippen LogP contribution in [-0.4, -0.2) is 35.2 Å². The van der Waals surface area contributed by atoms with Crippen molar-refractivity contribution in [3.05, 3.63) is 37.1 Å². The number of hydrogen-bond donors (Lipinski definition) is 1. The van der Waals surface area contributed by atoms with Gasteiger partial charge in [0.1, 0.15) is 15.9 Å². The predicted molar refractivity (Wildman–Crippen MR) is 108 cm³/mol. The van der Waals surface area contributed by atoms with E-state index in [1.165, 1.54) is 11.3 Å². The first-order valence-corrected chi connectivity index (χ1v) is 10.2. The molecule has 2 heterocycles. The number of benzene rings is 1. The minimum atomic E-state index is -0.650. The van der Waals surface area contributed by atoms with Crippen molar-refractivity contribution in [2.45, 2.75) is 19.3 Å². The maximum Gasteiger partial charge on any atom is 0.186 e. The molecule has 1 aliphatic heterocycles. The van der Waals surface area contributed by atoms with Crippen molar-refractivity contribution in [3.8, 4) is 11.5 Å². The maximum absolute atomic E-state index is 12.8. The number of ether oxygens (including phenoxy) is 2. The number of ketones is 1. The van der Waals surface area contributed by atoms with Gasteiger partial charge in [-0.15, -0.1) is 21.5 Å². The Bertz CT molecular complexity index is 911. The number of hydrogen-bond acceptors (Lipinski definition) is 8. The number of nitrogens with zero attached hydrogens (tertiary/aromatic N) is 2. The van der Waals surface area contributed by atoms with E-state index in [9.17, 15) is 4.79 Å². The number of rotatable bonds is 5. The number of methoxy groups -OCH3 is 2. The summed E-state index contributed by atoms with van der Waals surface area (Å²) in [6, 6.07) is 3.58. The van der Waals surface area contributed by atoms with E-state index in [0.29, 0.717) is 21.4 Å². The molecule has 136 valence electrons. The van der Waals surface area contributed by atoms with Crippen molar-refractivity contribution in [3.63, 3.8) is 0 Å². The summed E-state index contributed by atoms with van der Waals surface area (Å²) in [6.07, 6.45) is 2.52. The van der Waals surface area contributed by atoms with Gasteiger partial charge in [0.15, 0.2) is 17.3 Å². The fraction of sp³-hybridized carbons (Fsp3) is 0.294. The molecule has 2 aromatic rings. The molecule has 1 aromatic heterocycles. The number of aryl methyl sites for hydroxylation is 1. The number of allylic oxidation sites excluding steroid dienone is 1. The van der Waals surface area contributed by atoms with Crippen LogP contribution in [0, 0.1) is 5.41 Å². The largest absolute Gasteiger partial charge is 0.493 e. The Morgan fingerprint density at radius 3 is 2.58 bits per heavy atom. The minimum absolute atomic E-state index is 0.125. The third kappa shape index (κ3) is 3.56. The molecule has 0 amide bonds. The van der Waals surface area contributed by atoms with E-state index >= 15 is 0 Å². The van der Waals surface area contributed by atoms with Crippen LogP contribution in [0.4, 0.5) is 0 Å². The average molecular weight is 454 g/mol. The quantitative estimate of drug-likeness (QED) is 0.679. The highest BCUT2D eigenvalue weighted by molar-refractivity contribution is 9.10. The van der Waals surface area contributed by atoms with Gasteiger partial charge in [-0.2, -0.15) is 0 Å². The summed E-state index contributed by atoms with van der Waals surface area (Å²) in [5.74, 6) is 0.392. The SMILES string of the molecule is CCc1nnc([C@H]2C(=N)S/C(=C\c3cc(OC)c(OC)cc3Br)C2=O)s1. The molecule has 0 unspecified atom stereocenters. The van der Waals surface area contributed by atoms with Crippen molar-refractivity contribution in [2.24, 2.45) is 0 Å². The van der Waals surface area contributed by atoms with Crippen LogP contribution in [-0.2, 0) is 11.2 Å². The number of Topliss-reactive ketones (excluding diaryl/α,β-unsaturated/α-hetero) is 1. The van der Waals surface area contributed by atoms with Crippen molar-refractivity contribution < 1.29 is 14.3 Å². The summed E-state index contributed by atoms with van der Waals surface area (Å²) in [6.45, 7) is 1.99. The molecule has 0 spiro atoms. The molecular formula is C17H16BrN3O3S2. The summed E-state index contributed by atoms with van der Waals surface area (Å²) in [4.78, 5) is 13.3. The summed E-state index contributed by atoms with van der Waals surface area (Å²) in [5, 5.41) is 18.1. The molecule has 0 radical (unpaired) electrons. The zero-order valence-corrected chi connectivity index (χ0v) is 17.5. The molecule has 6 nitrogen and oxygen atoms in total. The third-order valence-electron chi connectivity index (χ3n) is 3.81. The molecule has 0 bridgehead atoms. The lowest BCUT2D eigenvalue weighted by atomic mass is 10.0. The van der Waals surface area contributed by atoms with Crippen LogP contribution in [0.3, 0.4) is 0 Å².